The van der Waals surface area contributed by atoms with Crippen molar-refractivity contribution in [3.05, 3.63) is 29.3 Å². The first-order valence-corrected chi connectivity index (χ1v) is 4.93. The Morgan fingerprint density at radius 1 is 1.31 bits per heavy atom. The van der Waals surface area contributed by atoms with E-state index < -0.39 is 0 Å². The molecule has 0 N–H and O–H groups in total. The van der Waals surface area contributed by atoms with Crippen LogP contribution in [0.4, 0.5) is 0 Å². The van der Waals surface area contributed by atoms with E-state index in [1.165, 1.54) is 14.2 Å². The van der Waals surface area contributed by atoms with Crippen molar-refractivity contribution in [1.82, 2.24) is 0 Å². The van der Waals surface area contributed by atoms with Crippen molar-refractivity contribution >= 4 is 5.78 Å². The SMILES string of the molecule is COCOCC(=O)c1cc(C)ccc1OC. The molecule has 0 heterocycles. The number of ether oxygens (including phenoxy) is 3. The molecule has 4 nitrogen and oxygen atoms in total. The average Bonchev–Trinajstić information content (AvgIpc) is 2.29. The van der Waals surface area contributed by atoms with E-state index in [4.69, 9.17) is 14.2 Å². The predicted molar refractivity (Wildman–Crippen MR) is 59.9 cm³/mol. The van der Waals surface area contributed by atoms with Gasteiger partial charge in [0, 0.05) is 7.11 Å². The summed E-state index contributed by atoms with van der Waals surface area (Å²) in [6.45, 7) is 2.03. The fourth-order valence-electron chi connectivity index (χ4n) is 1.34. The quantitative estimate of drug-likeness (QED) is 0.420. The highest BCUT2D eigenvalue weighted by molar-refractivity contribution is 5.99. The second kappa shape index (κ2) is 6.25. The van der Waals surface area contributed by atoms with Gasteiger partial charge >= 0.3 is 0 Å². The van der Waals surface area contributed by atoms with Crippen molar-refractivity contribution in [2.24, 2.45) is 0 Å². The van der Waals surface area contributed by atoms with Gasteiger partial charge in [-0.1, -0.05) is 11.6 Å². The number of rotatable bonds is 6. The second-order valence-electron chi connectivity index (χ2n) is 3.38. The van der Waals surface area contributed by atoms with Crippen LogP contribution < -0.4 is 4.74 Å². The fraction of sp³-hybridized carbons (Fsp3) is 0.417. The molecule has 0 atom stereocenters. The molecule has 0 aliphatic carbocycles. The molecule has 0 aliphatic heterocycles. The lowest BCUT2D eigenvalue weighted by Gasteiger charge is -2.08. The maximum absolute atomic E-state index is 11.8. The summed E-state index contributed by atoms with van der Waals surface area (Å²) in [6, 6.07) is 5.46. The fourth-order valence-corrected chi connectivity index (χ4v) is 1.34. The Labute approximate surface area is 95.1 Å². The first-order valence-electron chi connectivity index (χ1n) is 4.93. The van der Waals surface area contributed by atoms with Gasteiger partial charge in [0.05, 0.1) is 12.7 Å². The smallest absolute Gasteiger partial charge is 0.192 e. The standard InChI is InChI=1S/C12H16O4/c1-9-4-5-12(15-3)10(6-9)11(13)7-16-8-14-2/h4-6H,7-8H2,1-3H3. The number of aryl methyl sites for hydroxylation is 1. The molecule has 88 valence electrons. The van der Waals surface area contributed by atoms with Crippen molar-refractivity contribution < 1.29 is 19.0 Å². The molecule has 0 saturated heterocycles. The summed E-state index contributed by atoms with van der Waals surface area (Å²) in [5.74, 6) is 0.453. The van der Waals surface area contributed by atoms with Gasteiger partial charge in [-0.05, 0) is 19.1 Å². The zero-order valence-corrected chi connectivity index (χ0v) is 9.78. The van der Waals surface area contributed by atoms with Gasteiger partial charge in [0.15, 0.2) is 5.78 Å². The number of carbonyl (C=O) groups excluding carboxylic acids is 1. The first-order chi connectivity index (χ1) is 7.69. The number of Topliss-reactive ketones (excluding diaryl/α,β-unsaturated/α-hetero) is 1. The van der Waals surface area contributed by atoms with Crippen LogP contribution in [-0.2, 0) is 9.47 Å². The Bertz CT molecular complexity index is 360. The van der Waals surface area contributed by atoms with Crippen molar-refractivity contribution in [1.29, 1.82) is 0 Å². The molecule has 0 aromatic heterocycles. The molecule has 0 bridgehead atoms. The summed E-state index contributed by atoms with van der Waals surface area (Å²) in [7, 11) is 3.05. The minimum Gasteiger partial charge on any atom is -0.496 e. The van der Waals surface area contributed by atoms with E-state index in [2.05, 4.69) is 0 Å². The number of methoxy groups -OCH3 is 2. The number of hydrogen-bond donors (Lipinski definition) is 0. The first kappa shape index (κ1) is 12.7. The number of ketones is 1. The van der Waals surface area contributed by atoms with Gasteiger partial charge in [0.25, 0.3) is 0 Å². The van der Waals surface area contributed by atoms with Crippen molar-refractivity contribution in [2.45, 2.75) is 6.92 Å². The molecule has 16 heavy (non-hydrogen) atoms. The number of carbonyl (C=O) groups is 1. The molecule has 0 fully saturated rings. The van der Waals surface area contributed by atoms with Crippen LogP contribution in [0.3, 0.4) is 0 Å². The lowest BCUT2D eigenvalue weighted by Crippen LogP contribution is -2.12. The molecule has 4 heteroatoms. The highest BCUT2D eigenvalue weighted by Gasteiger charge is 2.12. The van der Waals surface area contributed by atoms with Crippen LogP contribution in [0.2, 0.25) is 0 Å². The van der Waals surface area contributed by atoms with E-state index in [1.54, 1.807) is 12.1 Å². The summed E-state index contributed by atoms with van der Waals surface area (Å²) in [6.07, 6.45) is 0. The van der Waals surface area contributed by atoms with Gasteiger partial charge in [-0.2, -0.15) is 0 Å². The van der Waals surface area contributed by atoms with Crippen molar-refractivity contribution in [3.63, 3.8) is 0 Å². The topological polar surface area (TPSA) is 44.8 Å². The zero-order chi connectivity index (χ0) is 12.0. The highest BCUT2D eigenvalue weighted by Crippen LogP contribution is 2.20. The lowest BCUT2D eigenvalue weighted by atomic mass is 10.1. The Morgan fingerprint density at radius 2 is 2.06 bits per heavy atom. The Balaban J connectivity index is 2.76. The number of hydrogen-bond acceptors (Lipinski definition) is 4. The largest absolute Gasteiger partial charge is 0.496 e. The third-order valence-corrected chi connectivity index (χ3v) is 2.09. The molecule has 0 aliphatic rings. The normalized spacial score (nSPS) is 10.2. The zero-order valence-electron chi connectivity index (χ0n) is 9.78. The van der Waals surface area contributed by atoms with Gasteiger partial charge in [0.1, 0.15) is 19.1 Å². The van der Waals surface area contributed by atoms with Crippen molar-refractivity contribution in [3.8, 4) is 5.75 Å². The third-order valence-electron chi connectivity index (χ3n) is 2.09. The van der Waals surface area contributed by atoms with E-state index in [0.29, 0.717) is 11.3 Å². The molecule has 0 amide bonds. The van der Waals surface area contributed by atoms with E-state index in [0.717, 1.165) is 5.56 Å². The van der Waals surface area contributed by atoms with Crippen molar-refractivity contribution in [2.75, 3.05) is 27.6 Å². The Hall–Kier alpha value is -1.39. The lowest BCUT2D eigenvalue weighted by molar-refractivity contribution is -0.0238. The maximum atomic E-state index is 11.8. The van der Waals surface area contributed by atoms with Gasteiger partial charge < -0.3 is 14.2 Å². The molecule has 1 aromatic carbocycles. The highest BCUT2D eigenvalue weighted by atomic mass is 16.7. The molecule has 1 rings (SSSR count). The summed E-state index contributed by atoms with van der Waals surface area (Å²) in [5, 5.41) is 0. The van der Waals surface area contributed by atoms with Crippen LogP contribution in [0.5, 0.6) is 5.75 Å². The van der Waals surface area contributed by atoms with Gasteiger partial charge in [-0.3, -0.25) is 4.79 Å². The molecule has 0 unspecified atom stereocenters. The minimum absolute atomic E-state index is 0.00630. The molecular weight excluding hydrogens is 208 g/mol. The summed E-state index contributed by atoms with van der Waals surface area (Å²) in [5.41, 5.74) is 1.55. The maximum Gasteiger partial charge on any atom is 0.192 e. The third kappa shape index (κ3) is 3.32. The van der Waals surface area contributed by atoms with Crippen LogP contribution in [0.15, 0.2) is 18.2 Å². The monoisotopic (exact) mass is 224 g/mol. The predicted octanol–water partition coefficient (Wildman–Crippen LogP) is 1.81. The number of benzene rings is 1. The second-order valence-corrected chi connectivity index (χ2v) is 3.38. The summed E-state index contributed by atoms with van der Waals surface area (Å²) >= 11 is 0. The van der Waals surface area contributed by atoms with Crippen LogP contribution >= 0.6 is 0 Å². The van der Waals surface area contributed by atoms with E-state index in [9.17, 15) is 4.79 Å². The molecule has 0 radical (unpaired) electrons. The average molecular weight is 224 g/mol. The van der Waals surface area contributed by atoms with Crippen LogP contribution in [0, 0.1) is 6.92 Å². The van der Waals surface area contributed by atoms with Gasteiger partial charge in [0.2, 0.25) is 0 Å². The molecule has 0 spiro atoms. The van der Waals surface area contributed by atoms with Crippen LogP contribution in [-0.4, -0.2) is 33.4 Å². The van der Waals surface area contributed by atoms with Crippen LogP contribution in [0.25, 0.3) is 0 Å². The molecular formula is C12H16O4. The molecule has 1 aromatic rings. The van der Waals surface area contributed by atoms with Crippen LogP contribution in [0.1, 0.15) is 15.9 Å². The van der Waals surface area contributed by atoms with E-state index in [1.807, 2.05) is 13.0 Å². The Morgan fingerprint density at radius 3 is 2.69 bits per heavy atom. The van der Waals surface area contributed by atoms with Gasteiger partial charge in [-0.25, -0.2) is 0 Å². The summed E-state index contributed by atoms with van der Waals surface area (Å²) in [4.78, 5) is 11.8. The van der Waals surface area contributed by atoms with Gasteiger partial charge in [-0.15, -0.1) is 0 Å². The summed E-state index contributed by atoms with van der Waals surface area (Å²) < 4.78 is 14.8. The minimum atomic E-state index is -0.113. The Kier molecular flexibility index (Phi) is 4.95. The van der Waals surface area contributed by atoms with E-state index in [-0.39, 0.29) is 19.2 Å². The molecule has 0 saturated carbocycles. The van der Waals surface area contributed by atoms with E-state index >= 15 is 0 Å².